The molecular formula is C24H29NO5. The molecule has 2 aromatic carbocycles. The molecule has 0 aliphatic rings. The fourth-order valence-corrected chi connectivity index (χ4v) is 3.27. The Balaban J connectivity index is 2.07. The van der Waals surface area contributed by atoms with Gasteiger partial charge in [-0.2, -0.15) is 0 Å². The quantitative estimate of drug-likeness (QED) is 0.548. The second-order valence-electron chi connectivity index (χ2n) is 7.31. The van der Waals surface area contributed by atoms with Crippen LogP contribution in [0, 0.1) is 5.92 Å². The van der Waals surface area contributed by atoms with E-state index >= 15 is 0 Å². The van der Waals surface area contributed by atoms with Crippen molar-refractivity contribution in [1.29, 1.82) is 0 Å². The van der Waals surface area contributed by atoms with E-state index < -0.39 is 5.97 Å². The third-order valence-corrected chi connectivity index (χ3v) is 4.80. The predicted molar refractivity (Wildman–Crippen MR) is 115 cm³/mol. The van der Waals surface area contributed by atoms with E-state index in [1.54, 1.807) is 13.8 Å². The van der Waals surface area contributed by atoms with Crippen molar-refractivity contribution in [2.24, 2.45) is 5.92 Å². The van der Waals surface area contributed by atoms with E-state index in [-0.39, 0.29) is 36.7 Å². The maximum atomic E-state index is 12.2. The highest BCUT2D eigenvalue weighted by Crippen LogP contribution is 2.21. The molecule has 1 amide bonds. The number of carboxylic acids is 1. The van der Waals surface area contributed by atoms with Gasteiger partial charge in [0, 0.05) is 12.5 Å². The van der Waals surface area contributed by atoms with Gasteiger partial charge in [0.15, 0.2) is 0 Å². The molecule has 2 rings (SSSR count). The van der Waals surface area contributed by atoms with Crippen molar-refractivity contribution in [1.82, 2.24) is 5.32 Å². The Bertz CT molecular complexity index is 832. The highest BCUT2D eigenvalue weighted by Gasteiger charge is 2.22. The van der Waals surface area contributed by atoms with Gasteiger partial charge in [-0.25, -0.2) is 0 Å². The molecule has 0 unspecified atom stereocenters. The zero-order chi connectivity index (χ0) is 21.9. The molecule has 6 nitrogen and oxygen atoms in total. The molecule has 160 valence electrons. The zero-order valence-electron chi connectivity index (χ0n) is 17.5. The molecule has 6 heteroatoms. The Morgan fingerprint density at radius 2 is 1.60 bits per heavy atom. The molecule has 0 saturated carbocycles. The maximum absolute atomic E-state index is 12.2. The number of nitrogens with one attached hydrogen (secondary N) is 1. The molecule has 0 bridgehead atoms. The second-order valence-corrected chi connectivity index (χ2v) is 7.31. The monoisotopic (exact) mass is 411 g/mol. The number of carbonyl (C=O) groups is 3. The lowest BCUT2D eigenvalue weighted by atomic mass is 9.94. The van der Waals surface area contributed by atoms with Crippen LogP contribution in [0.5, 0.6) is 0 Å². The van der Waals surface area contributed by atoms with E-state index in [1.807, 2.05) is 54.6 Å². The summed E-state index contributed by atoms with van der Waals surface area (Å²) in [6.45, 7) is 3.83. The highest BCUT2D eigenvalue weighted by atomic mass is 16.5. The number of hydrogen-bond donors (Lipinski definition) is 2. The van der Waals surface area contributed by atoms with Crippen molar-refractivity contribution >= 4 is 17.8 Å². The smallest absolute Gasteiger partial charge is 0.308 e. The summed E-state index contributed by atoms with van der Waals surface area (Å²) in [6.07, 6.45) is 0.639. The average molecular weight is 411 g/mol. The van der Waals surface area contributed by atoms with Crippen LogP contribution in [0.3, 0.4) is 0 Å². The molecule has 0 aromatic heterocycles. The van der Waals surface area contributed by atoms with Gasteiger partial charge in [-0.05, 0) is 36.5 Å². The Kier molecular flexibility index (Phi) is 9.06. The fourth-order valence-electron chi connectivity index (χ4n) is 3.27. The van der Waals surface area contributed by atoms with Crippen LogP contribution in [-0.2, 0) is 25.5 Å². The summed E-state index contributed by atoms with van der Waals surface area (Å²) < 4.78 is 5.07. The Hall–Kier alpha value is -3.15. The second kappa shape index (κ2) is 11.8. The molecule has 0 heterocycles. The first kappa shape index (κ1) is 23.1. The van der Waals surface area contributed by atoms with E-state index in [4.69, 9.17) is 9.84 Å². The largest absolute Gasteiger partial charge is 0.481 e. The molecule has 2 aromatic rings. The van der Waals surface area contributed by atoms with Crippen molar-refractivity contribution in [3.8, 4) is 11.1 Å². The number of carboxylic acid groups (broad SMARTS) is 1. The van der Waals surface area contributed by atoms with Crippen LogP contribution in [-0.4, -0.2) is 35.6 Å². The van der Waals surface area contributed by atoms with Crippen molar-refractivity contribution < 1.29 is 24.2 Å². The van der Waals surface area contributed by atoms with Crippen molar-refractivity contribution in [3.05, 3.63) is 60.2 Å². The summed E-state index contributed by atoms with van der Waals surface area (Å²) in [5, 5.41) is 11.7. The molecule has 2 N–H and O–H groups in total. The van der Waals surface area contributed by atoms with Gasteiger partial charge in [-0.1, -0.05) is 61.5 Å². The van der Waals surface area contributed by atoms with Gasteiger partial charge < -0.3 is 15.2 Å². The van der Waals surface area contributed by atoms with Gasteiger partial charge in [-0.15, -0.1) is 0 Å². The number of benzene rings is 2. The standard InChI is InChI=1S/C24H29NO5/c1-3-30-24(29)17(2)15-21(25-22(26)13-14-23(27)28)16-18-9-11-20(12-10-18)19-7-5-4-6-8-19/h4-12,17,21H,3,13-16H2,1-2H3,(H,25,26)(H,27,28)/t17-,21+/m0/s1. The summed E-state index contributed by atoms with van der Waals surface area (Å²) >= 11 is 0. The van der Waals surface area contributed by atoms with Gasteiger partial charge in [0.05, 0.1) is 18.9 Å². The molecule has 0 aliphatic carbocycles. The van der Waals surface area contributed by atoms with Crippen LogP contribution in [0.25, 0.3) is 11.1 Å². The van der Waals surface area contributed by atoms with E-state index in [1.165, 1.54) is 0 Å². The van der Waals surface area contributed by atoms with Crippen LogP contribution in [0.15, 0.2) is 54.6 Å². The number of rotatable bonds is 11. The summed E-state index contributed by atoms with van der Waals surface area (Å²) in [6, 6.07) is 17.8. The normalized spacial score (nSPS) is 12.6. The lowest BCUT2D eigenvalue weighted by Gasteiger charge is -2.22. The first-order valence-electron chi connectivity index (χ1n) is 10.2. The fraction of sp³-hybridized carbons (Fsp3) is 0.375. The minimum Gasteiger partial charge on any atom is -0.481 e. The maximum Gasteiger partial charge on any atom is 0.308 e. The number of aliphatic carboxylic acids is 1. The van der Waals surface area contributed by atoms with Gasteiger partial charge in [0.1, 0.15) is 0 Å². The highest BCUT2D eigenvalue weighted by molar-refractivity contribution is 5.81. The van der Waals surface area contributed by atoms with Crippen LogP contribution < -0.4 is 5.32 Å². The zero-order valence-corrected chi connectivity index (χ0v) is 17.5. The van der Waals surface area contributed by atoms with Crippen molar-refractivity contribution in [3.63, 3.8) is 0 Å². The van der Waals surface area contributed by atoms with Gasteiger partial charge in [-0.3, -0.25) is 14.4 Å². The molecule has 0 saturated heterocycles. The lowest BCUT2D eigenvalue weighted by Crippen LogP contribution is -2.39. The summed E-state index contributed by atoms with van der Waals surface area (Å²) in [4.78, 5) is 34.9. The molecule has 30 heavy (non-hydrogen) atoms. The SMILES string of the molecule is CCOC(=O)[C@@H](C)C[C@H](Cc1ccc(-c2ccccc2)cc1)NC(=O)CCC(=O)O. The lowest BCUT2D eigenvalue weighted by molar-refractivity contribution is -0.148. The third kappa shape index (κ3) is 7.70. The Labute approximate surface area is 177 Å². The number of hydrogen-bond acceptors (Lipinski definition) is 4. The van der Waals surface area contributed by atoms with E-state index in [0.29, 0.717) is 19.4 Å². The first-order chi connectivity index (χ1) is 14.4. The van der Waals surface area contributed by atoms with Crippen LogP contribution in [0.4, 0.5) is 0 Å². The number of amides is 1. The Morgan fingerprint density at radius 3 is 2.20 bits per heavy atom. The predicted octanol–water partition coefficient (Wildman–Crippen LogP) is 3.84. The van der Waals surface area contributed by atoms with Gasteiger partial charge in [0.2, 0.25) is 5.91 Å². The number of carbonyl (C=O) groups excluding carboxylic acids is 2. The molecular weight excluding hydrogens is 382 g/mol. The Morgan fingerprint density at radius 1 is 0.967 bits per heavy atom. The van der Waals surface area contributed by atoms with Gasteiger partial charge >= 0.3 is 11.9 Å². The number of ether oxygens (including phenoxy) is 1. The van der Waals surface area contributed by atoms with Crippen molar-refractivity contribution in [2.45, 2.75) is 45.6 Å². The first-order valence-corrected chi connectivity index (χ1v) is 10.2. The van der Waals surface area contributed by atoms with E-state index in [2.05, 4.69) is 5.32 Å². The number of esters is 1. The van der Waals surface area contributed by atoms with Crippen LogP contribution in [0.2, 0.25) is 0 Å². The van der Waals surface area contributed by atoms with Gasteiger partial charge in [0.25, 0.3) is 0 Å². The molecule has 0 aliphatic heterocycles. The molecule has 0 spiro atoms. The van der Waals surface area contributed by atoms with E-state index in [0.717, 1.165) is 16.7 Å². The van der Waals surface area contributed by atoms with Crippen LogP contribution in [0.1, 0.15) is 38.7 Å². The molecule has 0 fully saturated rings. The minimum atomic E-state index is -1.02. The average Bonchev–Trinajstić information content (AvgIpc) is 2.73. The van der Waals surface area contributed by atoms with Crippen molar-refractivity contribution in [2.75, 3.05) is 6.61 Å². The van der Waals surface area contributed by atoms with E-state index in [9.17, 15) is 14.4 Å². The topological polar surface area (TPSA) is 92.7 Å². The van der Waals surface area contributed by atoms with Crippen LogP contribution >= 0.6 is 0 Å². The molecule has 2 atom stereocenters. The summed E-state index contributed by atoms with van der Waals surface area (Å²) in [5.41, 5.74) is 3.24. The third-order valence-electron chi connectivity index (χ3n) is 4.80. The molecule has 0 radical (unpaired) electrons. The summed E-state index contributed by atoms with van der Waals surface area (Å²) in [7, 11) is 0. The summed E-state index contributed by atoms with van der Waals surface area (Å²) in [5.74, 6) is -2.03. The minimum absolute atomic E-state index is 0.0907.